The van der Waals surface area contributed by atoms with E-state index >= 15 is 0 Å². The zero-order valence-corrected chi connectivity index (χ0v) is 7.42. The Labute approximate surface area is 76.3 Å². The molecule has 0 radical (unpaired) electrons. The Bertz CT molecular complexity index is 308. The van der Waals surface area contributed by atoms with E-state index in [-0.39, 0.29) is 11.9 Å². The molecular weight excluding hydrogens is 171 g/mol. The van der Waals surface area contributed by atoms with Gasteiger partial charge in [0.05, 0.1) is 13.2 Å². The second-order valence-corrected chi connectivity index (χ2v) is 3.09. The second kappa shape index (κ2) is 3.24. The molecule has 0 saturated heterocycles. The van der Waals surface area contributed by atoms with Crippen LogP contribution >= 0.6 is 0 Å². The van der Waals surface area contributed by atoms with Gasteiger partial charge in [-0.2, -0.15) is 4.39 Å². The Morgan fingerprint density at radius 2 is 2.00 bits per heavy atom. The molecular formula is C10H11FO2. The van der Waals surface area contributed by atoms with E-state index in [9.17, 15) is 4.39 Å². The second-order valence-electron chi connectivity index (χ2n) is 3.09. The highest BCUT2D eigenvalue weighted by Gasteiger charge is 2.25. The standard InChI is InChI=1S/C10H11FO2/c1-12-8-3-2-4-9(10(8)11)13-7-5-6-7/h2-4,7H,5-6H2,1H3. The summed E-state index contributed by atoms with van der Waals surface area (Å²) in [6.07, 6.45) is 2.26. The molecule has 2 nitrogen and oxygen atoms in total. The van der Waals surface area contributed by atoms with Gasteiger partial charge in [0.15, 0.2) is 11.5 Å². The molecule has 1 aromatic carbocycles. The molecule has 0 spiro atoms. The maximum atomic E-state index is 13.4. The van der Waals surface area contributed by atoms with E-state index < -0.39 is 5.82 Å². The van der Waals surface area contributed by atoms with Crippen molar-refractivity contribution in [2.75, 3.05) is 7.11 Å². The summed E-state index contributed by atoms with van der Waals surface area (Å²) >= 11 is 0. The van der Waals surface area contributed by atoms with E-state index in [2.05, 4.69) is 0 Å². The van der Waals surface area contributed by atoms with Crippen molar-refractivity contribution in [3.05, 3.63) is 24.0 Å². The SMILES string of the molecule is COc1cccc(OC2CC2)c1F. The molecule has 1 saturated carbocycles. The largest absolute Gasteiger partial charge is 0.494 e. The van der Waals surface area contributed by atoms with Gasteiger partial charge in [-0.25, -0.2) is 0 Å². The van der Waals surface area contributed by atoms with E-state index in [1.807, 2.05) is 0 Å². The van der Waals surface area contributed by atoms with Crippen LogP contribution in [0, 0.1) is 5.82 Å². The third kappa shape index (κ3) is 1.74. The molecule has 2 rings (SSSR count). The van der Waals surface area contributed by atoms with Crippen molar-refractivity contribution < 1.29 is 13.9 Å². The van der Waals surface area contributed by atoms with Gasteiger partial charge in [-0.05, 0) is 25.0 Å². The van der Waals surface area contributed by atoms with Crippen molar-refractivity contribution in [3.8, 4) is 11.5 Å². The van der Waals surface area contributed by atoms with Crippen molar-refractivity contribution >= 4 is 0 Å². The van der Waals surface area contributed by atoms with Gasteiger partial charge in [0.2, 0.25) is 5.82 Å². The van der Waals surface area contributed by atoms with E-state index in [1.54, 1.807) is 18.2 Å². The van der Waals surface area contributed by atoms with E-state index in [0.29, 0.717) is 5.75 Å². The highest BCUT2D eigenvalue weighted by atomic mass is 19.1. The maximum absolute atomic E-state index is 13.4. The summed E-state index contributed by atoms with van der Waals surface area (Å²) < 4.78 is 23.6. The molecule has 13 heavy (non-hydrogen) atoms. The van der Waals surface area contributed by atoms with Gasteiger partial charge >= 0.3 is 0 Å². The molecule has 1 aromatic rings. The summed E-state index contributed by atoms with van der Waals surface area (Å²) in [5.41, 5.74) is 0. The van der Waals surface area contributed by atoms with Crippen LogP contribution in [0.3, 0.4) is 0 Å². The molecule has 70 valence electrons. The average Bonchev–Trinajstić information content (AvgIpc) is 2.92. The lowest BCUT2D eigenvalue weighted by molar-refractivity contribution is 0.280. The predicted molar refractivity (Wildman–Crippen MR) is 46.6 cm³/mol. The summed E-state index contributed by atoms with van der Waals surface area (Å²) in [5.74, 6) is 0.122. The Kier molecular flexibility index (Phi) is 2.08. The molecule has 0 aliphatic heterocycles. The summed E-state index contributed by atoms with van der Waals surface area (Å²) in [7, 11) is 1.44. The minimum atomic E-state index is -0.406. The van der Waals surface area contributed by atoms with Crippen LogP contribution in [-0.2, 0) is 0 Å². The number of rotatable bonds is 3. The topological polar surface area (TPSA) is 18.5 Å². The van der Waals surface area contributed by atoms with Gasteiger partial charge in [-0.1, -0.05) is 6.07 Å². The normalized spacial score (nSPS) is 15.5. The first kappa shape index (κ1) is 8.35. The van der Waals surface area contributed by atoms with Crippen molar-refractivity contribution in [1.82, 2.24) is 0 Å². The Balaban J connectivity index is 2.22. The van der Waals surface area contributed by atoms with Crippen LogP contribution < -0.4 is 9.47 Å². The van der Waals surface area contributed by atoms with Crippen LogP contribution in [0.2, 0.25) is 0 Å². The molecule has 3 heteroatoms. The fraction of sp³-hybridized carbons (Fsp3) is 0.400. The summed E-state index contributed by atoms with van der Waals surface area (Å²) in [6.45, 7) is 0. The van der Waals surface area contributed by atoms with E-state index in [4.69, 9.17) is 9.47 Å². The first-order valence-electron chi connectivity index (χ1n) is 4.30. The van der Waals surface area contributed by atoms with Crippen molar-refractivity contribution in [1.29, 1.82) is 0 Å². The molecule has 0 atom stereocenters. The van der Waals surface area contributed by atoms with E-state index in [0.717, 1.165) is 12.8 Å². The molecule has 1 aliphatic rings. The molecule has 0 amide bonds. The van der Waals surface area contributed by atoms with Crippen molar-refractivity contribution in [2.24, 2.45) is 0 Å². The van der Waals surface area contributed by atoms with Crippen LogP contribution in [0.4, 0.5) is 4.39 Å². The monoisotopic (exact) mass is 182 g/mol. The molecule has 1 aliphatic carbocycles. The number of methoxy groups -OCH3 is 1. The summed E-state index contributed by atoms with van der Waals surface area (Å²) in [5, 5.41) is 0. The molecule has 0 N–H and O–H groups in total. The van der Waals surface area contributed by atoms with Crippen molar-refractivity contribution in [3.63, 3.8) is 0 Å². The maximum Gasteiger partial charge on any atom is 0.206 e. The Morgan fingerprint density at radius 3 is 2.62 bits per heavy atom. The number of ether oxygens (including phenoxy) is 2. The molecule has 0 unspecified atom stereocenters. The number of hydrogen-bond acceptors (Lipinski definition) is 2. The Morgan fingerprint density at radius 1 is 1.31 bits per heavy atom. The molecule has 0 aromatic heterocycles. The van der Waals surface area contributed by atoms with Gasteiger partial charge in [-0.15, -0.1) is 0 Å². The molecule has 0 bridgehead atoms. The lowest BCUT2D eigenvalue weighted by atomic mass is 10.3. The average molecular weight is 182 g/mol. The van der Waals surface area contributed by atoms with Crippen LogP contribution in [0.15, 0.2) is 18.2 Å². The Hall–Kier alpha value is -1.25. The van der Waals surface area contributed by atoms with Gasteiger partial charge in [0.25, 0.3) is 0 Å². The predicted octanol–water partition coefficient (Wildman–Crippen LogP) is 2.38. The van der Waals surface area contributed by atoms with Gasteiger partial charge in [0.1, 0.15) is 0 Å². The number of benzene rings is 1. The van der Waals surface area contributed by atoms with Crippen molar-refractivity contribution in [2.45, 2.75) is 18.9 Å². The quantitative estimate of drug-likeness (QED) is 0.714. The summed E-state index contributed by atoms with van der Waals surface area (Å²) in [4.78, 5) is 0. The van der Waals surface area contributed by atoms with Crippen LogP contribution in [-0.4, -0.2) is 13.2 Å². The van der Waals surface area contributed by atoms with E-state index in [1.165, 1.54) is 7.11 Å². The van der Waals surface area contributed by atoms with Gasteiger partial charge in [-0.3, -0.25) is 0 Å². The highest BCUT2D eigenvalue weighted by molar-refractivity contribution is 5.35. The smallest absolute Gasteiger partial charge is 0.206 e. The fourth-order valence-corrected chi connectivity index (χ4v) is 1.10. The van der Waals surface area contributed by atoms with Crippen LogP contribution in [0.25, 0.3) is 0 Å². The van der Waals surface area contributed by atoms with Crippen LogP contribution in [0.1, 0.15) is 12.8 Å². The zero-order chi connectivity index (χ0) is 9.26. The van der Waals surface area contributed by atoms with Gasteiger partial charge in [0, 0.05) is 0 Å². The number of hydrogen-bond donors (Lipinski definition) is 0. The fourth-order valence-electron chi connectivity index (χ4n) is 1.10. The summed E-state index contributed by atoms with van der Waals surface area (Å²) in [6, 6.07) is 4.92. The third-order valence-corrected chi connectivity index (χ3v) is 1.97. The first-order chi connectivity index (χ1) is 6.31. The third-order valence-electron chi connectivity index (χ3n) is 1.97. The molecule has 0 heterocycles. The zero-order valence-electron chi connectivity index (χ0n) is 7.42. The first-order valence-corrected chi connectivity index (χ1v) is 4.30. The minimum Gasteiger partial charge on any atom is -0.494 e. The lowest BCUT2D eigenvalue weighted by Crippen LogP contribution is -1.99. The minimum absolute atomic E-state index is 0.210. The number of halogens is 1. The van der Waals surface area contributed by atoms with Crippen LogP contribution in [0.5, 0.6) is 11.5 Å². The highest BCUT2D eigenvalue weighted by Crippen LogP contribution is 2.31. The molecule has 1 fully saturated rings. The lowest BCUT2D eigenvalue weighted by Gasteiger charge is -2.07. The van der Waals surface area contributed by atoms with Gasteiger partial charge < -0.3 is 9.47 Å².